The van der Waals surface area contributed by atoms with Gasteiger partial charge in [-0.2, -0.15) is 0 Å². The fourth-order valence-electron chi connectivity index (χ4n) is 4.22. The van der Waals surface area contributed by atoms with Crippen LogP contribution in [0.3, 0.4) is 0 Å². The summed E-state index contributed by atoms with van der Waals surface area (Å²) < 4.78 is 11.6. The Morgan fingerprint density at radius 1 is 1.10 bits per heavy atom. The summed E-state index contributed by atoms with van der Waals surface area (Å²) in [6, 6.07) is 11.9. The van der Waals surface area contributed by atoms with E-state index < -0.39 is 36.8 Å². The van der Waals surface area contributed by atoms with Gasteiger partial charge in [0.15, 0.2) is 0 Å². The van der Waals surface area contributed by atoms with Gasteiger partial charge in [-0.3, -0.25) is 0 Å². The molecule has 6 nitrogen and oxygen atoms in total. The van der Waals surface area contributed by atoms with Crippen molar-refractivity contribution in [3.8, 4) is 0 Å². The van der Waals surface area contributed by atoms with Gasteiger partial charge < -0.3 is 29.9 Å². The van der Waals surface area contributed by atoms with Crippen LogP contribution in [0.1, 0.15) is 47.6 Å². The van der Waals surface area contributed by atoms with Crippen LogP contribution in [0, 0.1) is 0 Å². The lowest BCUT2D eigenvalue weighted by molar-refractivity contribution is -0.368. The maximum atomic E-state index is 10.7. The van der Waals surface area contributed by atoms with E-state index in [9.17, 15) is 20.4 Å². The van der Waals surface area contributed by atoms with Crippen LogP contribution < -0.4 is 0 Å². The minimum Gasteiger partial charge on any atom is -0.394 e. The number of hydrogen-bond donors (Lipinski definition) is 4. The highest BCUT2D eigenvalue weighted by Crippen LogP contribution is 2.47. The van der Waals surface area contributed by atoms with Crippen molar-refractivity contribution in [2.75, 3.05) is 6.61 Å². The molecule has 30 heavy (non-hydrogen) atoms. The Morgan fingerprint density at radius 2 is 1.80 bits per heavy atom. The quantitative estimate of drug-likeness (QED) is 0.589. The summed E-state index contributed by atoms with van der Waals surface area (Å²) in [7, 11) is 0. The molecule has 0 saturated carbocycles. The molecule has 0 aliphatic carbocycles. The predicted molar refractivity (Wildman–Crippen MR) is 111 cm³/mol. The minimum absolute atomic E-state index is 0.135. The van der Waals surface area contributed by atoms with Gasteiger partial charge in [0.2, 0.25) is 5.79 Å². The van der Waals surface area contributed by atoms with E-state index in [4.69, 9.17) is 21.1 Å². The average molecular weight is 435 g/mol. The first-order valence-corrected chi connectivity index (χ1v) is 10.5. The second-order valence-electron chi connectivity index (χ2n) is 8.39. The van der Waals surface area contributed by atoms with Gasteiger partial charge in [-0.05, 0) is 46.7 Å². The maximum Gasteiger partial charge on any atom is 0.225 e. The van der Waals surface area contributed by atoms with E-state index >= 15 is 0 Å². The Bertz CT molecular complexity index is 913. The first kappa shape index (κ1) is 21.7. The van der Waals surface area contributed by atoms with Gasteiger partial charge in [0.1, 0.15) is 24.4 Å². The van der Waals surface area contributed by atoms with E-state index in [0.29, 0.717) is 22.9 Å². The number of benzene rings is 2. The number of fused-ring (bicyclic) bond motifs is 2. The normalized spacial score (nSPS) is 30.8. The molecule has 5 atom stereocenters. The number of aliphatic hydroxyl groups excluding tert-OH is 4. The van der Waals surface area contributed by atoms with Gasteiger partial charge in [0.25, 0.3) is 0 Å². The SMILES string of the molecule is CC(C)c1ccc(Cc2cc3c(cc2Cl)COC32O[C@H](CO)[C@@H](O)[C@H](O)[C@H]2O)cc1. The summed E-state index contributed by atoms with van der Waals surface area (Å²) in [5, 5.41) is 41.3. The molecule has 0 radical (unpaired) electrons. The van der Waals surface area contributed by atoms with Crippen LogP contribution in [0.5, 0.6) is 0 Å². The molecule has 2 aliphatic heterocycles. The van der Waals surface area contributed by atoms with Crippen LogP contribution >= 0.6 is 11.6 Å². The predicted octanol–water partition coefficient (Wildman–Crippen LogP) is 2.21. The highest BCUT2D eigenvalue weighted by Gasteiger charge is 2.58. The third kappa shape index (κ3) is 3.56. The Labute approximate surface area is 180 Å². The second kappa shape index (κ2) is 8.20. The molecule has 4 N–H and O–H groups in total. The van der Waals surface area contributed by atoms with E-state index in [1.165, 1.54) is 5.56 Å². The van der Waals surface area contributed by atoms with Crippen molar-refractivity contribution in [3.63, 3.8) is 0 Å². The largest absolute Gasteiger partial charge is 0.394 e. The topological polar surface area (TPSA) is 99.4 Å². The van der Waals surface area contributed by atoms with Gasteiger partial charge >= 0.3 is 0 Å². The van der Waals surface area contributed by atoms with Crippen molar-refractivity contribution < 1.29 is 29.9 Å². The molecule has 0 aromatic heterocycles. The van der Waals surface area contributed by atoms with Crippen molar-refractivity contribution in [1.29, 1.82) is 0 Å². The number of hydrogen-bond acceptors (Lipinski definition) is 6. The summed E-state index contributed by atoms with van der Waals surface area (Å²) >= 11 is 6.52. The summed E-state index contributed by atoms with van der Waals surface area (Å²) in [5.74, 6) is -1.21. The summed E-state index contributed by atoms with van der Waals surface area (Å²) in [6.45, 7) is 3.91. The maximum absolute atomic E-state index is 10.7. The molecule has 0 amide bonds. The van der Waals surface area contributed by atoms with Gasteiger partial charge in [-0.25, -0.2) is 0 Å². The zero-order valence-electron chi connectivity index (χ0n) is 17.0. The molecule has 2 aromatic rings. The minimum atomic E-state index is -1.66. The van der Waals surface area contributed by atoms with Gasteiger partial charge in [0.05, 0.1) is 13.2 Å². The molecular formula is C23H27ClO6. The molecule has 162 valence electrons. The molecule has 1 fully saturated rings. The lowest BCUT2D eigenvalue weighted by atomic mass is 9.86. The van der Waals surface area contributed by atoms with Gasteiger partial charge in [-0.1, -0.05) is 49.7 Å². The standard InChI is InChI=1S/C23H27ClO6/c1-12(2)14-5-3-13(4-6-14)7-15-8-17-16(9-18(15)24)11-29-23(17)22(28)21(27)20(26)19(10-25)30-23/h3-6,8-9,12,19-22,25-28H,7,10-11H2,1-2H3/t19-,20-,21+,22-,23?/m1/s1. The second-order valence-corrected chi connectivity index (χ2v) is 8.80. The first-order chi connectivity index (χ1) is 14.3. The van der Waals surface area contributed by atoms with Crippen molar-refractivity contribution >= 4 is 11.6 Å². The molecule has 4 rings (SSSR count). The molecule has 2 heterocycles. The highest BCUT2D eigenvalue weighted by atomic mass is 35.5. The van der Waals surface area contributed by atoms with Crippen LogP contribution in [-0.2, 0) is 28.3 Å². The van der Waals surface area contributed by atoms with E-state index in [2.05, 4.69) is 38.1 Å². The highest BCUT2D eigenvalue weighted by molar-refractivity contribution is 6.31. The van der Waals surface area contributed by atoms with Crippen molar-refractivity contribution in [2.24, 2.45) is 0 Å². The molecule has 7 heteroatoms. The van der Waals surface area contributed by atoms with Crippen LogP contribution in [0.4, 0.5) is 0 Å². The number of halogens is 1. The van der Waals surface area contributed by atoms with Crippen molar-refractivity contribution in [1.82, 2.24) is 0 Å². The first-order valence-electron chi connectivity index (χ1n) is 10.1. The molecule has 2 aromatic carbocycles. The summed E-state index contributed by atoms with van der Waals surface area (Å²) in [4.78, 5) is 0. The molecule has 1 spiro atoms. The third-order valence-electron chi connectivity index (χ3n) is 6.08. The average Bonchev–Trinajstić information content (AvgIpc) is 3.08. The third-order valence-corrected chi connectivity index (χ3v) is 6.43. The Morgan fingerprint density at radius 3 is 2.43 bits per heavy atom. The number of aliphatic hydroxyl groups is 4. The molecule has 1 saturated heterocycles. The van der Waals surface area contributed by atoms with Crippen LogP contribution in [0.25, 0.3) is 0 Å². The lowest BCUT2D eigenvalue weighted by Crippen LogP contribution is -2.63. The number of rotatable bonds is 4. The fraction of sp³-hybridized carbons (Fsp3) is 0.478. The van der Waals surface area contributed by atoms with E-state index in [0.717, 1.165) is 16.7 Å². The van der Waals surface area contributed by atoms with E-state index in [-0.39, 0.29) is 6.61 Å². The Kier molecular flexibility index (Phi) is 5.94. The van der Waals surface area contributed by atoms with Crippen LogP contribution in [-0.4, -0.2) is 51.4 Å². The smallest absolute Gasteiger partial charge is 0.225 e. The zero-order valence-corrected chi connectivity index (χ0v) is 17.7. The van der Waals surface area contributed by atoms with Crippen LogP contribution in [0.15, 0.2) is 36.4 Å². The van der Waals surface area contributed by atoms with Crippen molar-refractivity contribution in [3.05, 3.63) is 69.2 Å². The molecular weight excluding hydrogens is 408 g/mol. The van der Waals surface area contributed by atoms with Gasteiger partial charge in [-0.15, -0.1) is 0 Å². The fourth-order valence-corrected chi connectivity index (χ4v) is 4.48. The Hall–Kier alpha value is -1.51. The molecule has 1 unspecified atom stereocenters. The van der Waals surface area contributed by atoms with Crippen molar-refractivity contribution in [2.45, 2.75) is 63.0 Å². The zero-order chi connectivity index (χ0) is 21.6. The molecule has 0 bridgehead atoms. The number of ether oxygens (including phenoxy) is 2. The van der Waals surface area contributed by atoms with E-state index in [1.54, 1.807) is 6.07 Å². The summed E-state index contributed by atoms with van der Waals surface area (Å²) in [5.41, 5.74) is 4.46. The molecule has 2 aliphatic rings. The van der Waals surface area contributed by atoms with Gasteiger partial charge in [0, 0.05) is 10.6 Å². The monoisotopic (exact) mass is 434 g/mol. The van der Waals surface area contributed by atoms with E-state index in [1.807, 2.05) is 6.07 Å². The lowest BCUT2D eigenvalue weighted by Gasteiger charge is -2.46. The summed E-state index contributed by atoms with van der Waals surface area (Å²) in [6.07, 6.45) is -4.97. The Balaban J connectivity index is 1.69. The van der Waals surface area contributed by atoms with Crippen LogP contribution in [0.2, 0.25) is 5.02 Å².